The molecule has 0 bridgehead atoms. The Balaban J connectivity index is 1.72. The minimum Gasteiger partial charge on any atom is -0.490 e. The van der Waals surface area contributed by atoms with Gasteiger partial charge in [-0.25, -0.2) is 0 Å². The lowest BCUT2D eigenvalue weighted by Crippen LogP contribution is -2.09. The molecule has 27 heavy (non-hydrogen) atoms. The fourth-order valence-corrected chi connectivity index (χ4v) is 2.46. The van der Waals surface area contributed by atoms with Gasteiger partial charge >= 0.3 is 0 Å². The molecule has 0 aliphatic carbocycles. The highest BCUT2D eigenvalue weighted by Crippen LogP contribution is 2.15. The zero-order chi connectivity index (χ0) is 19.6. The third kappa shape index (κ3) is 7.44. The van der Waals surface area contributed by atoms with Crippen molar-refractivity contribution in [1.82, 2.24) is 0 Å². The summed E-state index contributed by atoms with van der Waals surface area (Å²) < 4.78 is 11.2. The van der Waals surface area contributed by atoms with Crippen LogP contribution in [0.5, 0.6) is 11.5 Å². The average Bonchev–Trinajstić information content (AvgIpc) is 2.64. The number of carbonyl (C=O) groups is 3. The first kappa shape index (κ1) is 20.4. The third-order valence-corrected chi connectivity index (χ3v) is 3.90. The van der Waals surface area contributed by atoms with Crippen LogP contribution in [0.2, 0.25) is 0 Å². The number of hydrogen-bond acceptors (Lipinski definition) is 5. The summed E-state index contributed by atoms with van der Waals surface area (Å²) in [4.78, 5) is 33.8. The van der Waals surface area contributed by atoms with Gasteiger partial charge in [0.25, 0.3) is 0 Å². The lowest BCUT2D eigenvalue weighted by atomic mass is 10.1. The molecule has 0 spiro atoms. The molecular weight excluding hydrogens is 344 g/mol. The molecule has 5 nitrogen and oxygen atoms in total. The quantitative estimate of drug-likeness (QED) is 0.342. The molecule has 2 aromatic carbocycles. The van der Waals surface area contributed by atoms with Gasteiger partial charge in [-0.1, -0.05) is 12.1 Å². The van der Waals surface area contributed by atoms with Crippen molar-refractivity contribution in [3.8, 4) is 11.5 Å². The van der Waals surface area contributed by atoms with Crippen molar-refractivity contribution in [2.24, 2.45) is 0 Å². The Kier molecular flexibility index (Phi) is 7.74. The number of hydrogen-bond donors (Lipinski definition) is 0. The first-order chi connectivity index (χ1) is 12.9. The Bertz CT molecular complexity index is 775. The van der Waals surface area contributed by atoms with Crippen molar-refractivity contribution in [1.29, 1.82) is 0 Å². The standard InChI is InChI=1S/C22H24O5/c1-16(23)3-4-18-5-9-20(10-6-18)26-13-14-27-21-11-7-19(8-12-21)22(25)15-17(2)24/h5-12H,3-4,13-15H2,1-2H3. The maximum absolute atomic E-state index is 11.8. The highest BCUT2D eigenvalue weighted by molar-refractivity contribution is 6.07. The Morgan fingerprint density at radius 2 is 1.26 bits per heavy atom. The Labute approximate surface area is 159 Å². The van der Waals surface area contributed by atoms with Gasteiger partial charge in [-0.2, -0.15) is 0 Å². The van der Waals surface area contributed by atoms with Crippen molar-refractivity contribution in [2.75, 3.05) is 13.2 Å². The molecule has 0 radical (unpaired) electrons. The number of Topliss-reactive ketones (excluding diaryl/α,β-unsaturated/α-hetero) is 3. The summed E-state index contributed by atoms with van der Waals surface area (Å²) in [5.74, 6) is 1.23. The van der Waals surface area contributed by atoms with Crippen LogP contribution in [0, 0.1) is 0 Å². The van der Waals surface area contributed by atoms with Gasteiger partial charge in [-0.05, 0) is 62.2 Å². The fourth-order valence-electron chi connectivity index (χ4n) is 2.46. The molecule has 0 fully saturated rings. The van der Waals surface area contributed by atoms with Gasteiger partial charge in [0, 0.05) is 12.0 Å². The van der Waals surface area contributed by atoms with Gasteiger partial charge in [0.15, 0.2) is 5.78 Å². The van der Waals surface area contributed by atoms with E-state index in [2.05, 4.69) is 0 Å². The number of ether oxygens (including phenoxy) is 2. The first-order valence-electron chi connectivity index (χ1n) is 8.90. The van der Waals surface area contributed by atoms with E-state index in [0.29, 0.717) is 30.9 Å². The molecule has 0 atom stereocenters. The summed E-state index contributed by atoms with van der Waals surface area (Å²) in [6, 6.07) is 14.4. The number of aryl methyl sites for hydroxylation is 1. The van der Waals surface area contributed by atoms with Gasteiger partial charge in [0.1, 0.15) is 36.3 Å². The molecule has 0 unspecified atom stereocenters. The second kappa shape index (κ2) is 10.3. The van der Waals surface area contributed by atoms with Crippen molar-refractivity contribution in [2.45, 2.75) is 33.1 Å². The molecule has 0 amide bonds. The third-order valence-electron chi connectivity index (χ3n) is 3.90. The monoisotopic (exact) mass is 368 g/mol. The predicted molar refractivity (Wildman–Crippen MR) is 103 cm³/mol. The highest BCUT2D eigenvalue weighted by atomic mass is 16.5. The van der Waals surface area contributed by atoms with Crippen LogP contribution in [0.15, 0.2) is 48.5 Å². The van der Waals surface area contributed by atoms with Gasteiger partial charge in [0.05, 0.1) is 6.42 Å². The first-order valence-corrected chi connectivity index (χ1v) is 8.90. The molecule has 0 aromatic heterocycles. The Morgan fingerprint density at radius 3 is 1.74 bits per heavy atom. The fraction of sp³-hybridized carbons (Fsp3) is 0.318. The van der Waals surface area contributed by atoms with E-state index in [9.17, 15) is 14.4 Å². The maximum Gasteiger partial charge on any atom is 0.170 e. The molecule has 0 saturated carbocycles. The molecule has 2 rings (SSSR count). The van der Waals surface area contributed by atoms with Crippen LogP contribution >= 0.6 is 0 Å². The molecule has 0 N–H and O–H groups in total. The smallest absolute Gasteiger partial charge is 0.170 e. The minimum atomic E-state index is -0.191. The summed E-state index contributed by atoms with van der Waals surface area (Å²) in [7, 11) is 0. The summed E-state index contributed by atoms with van der Waals surface area (Å²) >= 11 is 0. The van der Waals surface area contributed by atoms with E-state index in [1.54, 1.807) is 31.2 Å². The van der Waals surface area contributed by atoms with E-state index in [1.807, 2.05) is 24.3 Å². The SMILES string of the molecule is CC(=O)CCc1ccc(OCCOc2ccc(C(=O)CC(C)=O)cc2)cc1. The summed E-state index contributed by atoms with van der Waals surface area (Å²) in [6.45, 7) is 3.74. The van der Waals surface area contributed by atoms with Gasteiger partial charge in [-0.15, -0.1) is 0 Å². The van der Waals surface area contributed by atoms with E-state index in [-0.39, 0.29) is 23.8 Å². The summed E-state index contributed by atoms with van der Waals surface area (Å²) in [5, 5.41) is 0. The molecule has 0 aliphatic rings. The Morgan fingerprint density at radius 1 is 0.741 bits per heavy atom. The second-order valence-electron chi connectivity index (χ2n) is 6.37. The number of ketones is 3. The van der Waals surface area contributed by atoms with E-state index in [0.717, 1.165) is 17.7 Å². The zero-order valence-electron chi connectivity index (χ0n) is 15.7. The van der Waals surface area contributed by atoms with Crippen molar-refractivity contribution >= 4 is 17.3 Å². The van der Waals surface area contributed by atoms with E-state index >= 15 is 0 Å². The minimum absolute atomic E-state index is 0.0818. The van der Waals surface area contributed by atoms with Crippen LogP contribution < -0.4 is 9.47 Å². The Hall–Kier alpha value is -2.95. The largest absolute Gasteiger partial charge is 0.490 e. The van der Waals surface area contributed by atoms with Crippen LogP contribution in [0.3, 0.4) is 0 Å². The van der Waals surface area contributed by atoms with Gasteiger partial charge < -0.3 is 14.3 Å². The zero-order valence-corrected chi connectivity index (χ0v) is 15.7. The lowest BCUT2D eigenvalue weighted by Gasteiger charge is -2.09. The van der Waals surface area contributed by atoms with Crippen LogP contribution in [-0.2, 0) is 16.0 Å². The van der Waals surface area contributed by atoms with Crippen molar-refractivity contribution in [3.63, 3.8) is 0 Å². The number of carbonyl (C=O) groups excluding carboxylic acids is 3. The average molecular weight is 368 g/mol. The van der Waals surface area contributed by atoms with Crippen molar-refractivity contribution in [3.05, 3.63) is 59.7 Å². The summed E-state index contributed by atoms with van der Waals surface area (Å²) in [5.41, 5.74) is 1.60. The van der Waals surface area contributed by atoms with E-state index in [4.69, 9.17) is 9.47 Å². The van der Waals surface area contributed by atoms with Crippen LogP contribution in [0.1, 0.15) is 42.6 Å². The predicted octanol–water partition coefficient (Wildman–Crippen LogP) is 3.83. The lowest BCUT2D eigenvalue weighted by molar-refractivity contribution is -0.117. The number of rotatable bonds is 11. The van der Waals surface area contributed by atoms with E-state index in [1.165, 1.54) is 6.92 Å². The van der Waals surface area contributed by atoms with E-state index < -0.39 is 0 Å². The van der Waals surface area contributed by atoms with Gasteiger partial charge in [-0.3, -0.25) is 9.59 Å². The van der Waals surface area contributed by atoms with Crippen LogP contribution in [0.25, 0.3) is 0 Å². The van der Waals surface area contributed by atoms with Gasteiger partial charge in [0.2, 0.25) is 0 Å². The molecule has 2 aromatic rings. The van der Waals surface area contributed by atoms with Crippen molar-refractivity contribution < 1.29 is 23.9 Å². The molecule has 0 aliphatic heterocycles. The maximum atomic E-state index is 11.8. The topological polar surface area (TPSA) is 69.7 Å². The molecule has 0 heterocycles. The summed E-state index contributed by atoms with van der Waals surface area (Å²) in [6.07, 6.45) is 1.21. The van der Waals surface area contributed by atoms with Crippen LogP contribution in [-0.4, -0.2) is 30.6 Å². The molecule has 5 heteroatoms. The highest BCUT2D eigenvalue weighted by Gasteiger charge is 2.08. The second-order valence-corrected chi connectivity index (χ2v) is 6.37. The number of benzene rings is 2. The molecule has 142 valence electrons. The molecular formula is C22H24O5. The molecule has 0 saturated heterocycles. The normalized spacial score (nSPS) is 10.3. The van der Waals surface area contributed by atoms with Crippen LogP contribution in [0.4, 0.5) is 0 Å².